The molecule has 0 spiro atoms. The molecule has 18 heavy (non-hydrogen) atoms. The smallest absolute Gasteiger partial charge is 0.328 e. The SMILES string of the molecule is CCCCC(Nc1cc(C)cc(F)c1)C(=O)OC. The van der Waals surface area contributed by atoms with Gasteiger partial charge in [0, 0.05) is 5.69 Å². The molecule has 1 atom stereocenters. The van der Waals surface area contributed by atoms with Crippen LogP contribution in [0.3, 0.4) is 0 Å². The first-order valence-electron chi connectivity index (χ1n) is 6.18. The van der Waals surface area contributed by atoms with Crippen molar-refractivity contribution in [3.63, 3.8) is 0 Å². The second-order valence-electron chi connectivity index (χ2n) is 4.38. The summed E-state index contributed by atoms with van der Waals surface area (Å²) in [6, 6.07) is 4.22. The average molecular weight is 253 g/mol. The lowest BCUT2D eigenvalue weighted by molar-refractivity contribution is -0.141. The van der Waals surface area contributed by atoms with Gasteiger partial charge in [0.2, 0.25) is 0 Å². The standard InChI is InChI=1S/C14H20FNO2/c1-4-5-6-13(14(17)18-3)16-12-8-10(2)7-11(15)9-12/h7-9,13,16H,4-6H2,1-3H3. The van der Waals surface area contributed by atoms with E-state index in [1.165, 1.54) is 19.2 Å². The summed E-state index contributed by atoms with van der Waals surface area (Å²) in [6.07, 6.45) is 2.59. The lowest BCUT2D eigenvalue weighted by Gasteiger charge is -2.17. The second kappa shape index (κ2) is 6.99. The Morgan fingerprint density at radius 1 is 1.44 bits per heavy atom. The Kier molecular flexibility index (Phi) is 5.62. The third kappa shape index (κ3) is 4.35. The number of carbonyl (C=O) groups is 1. The Bertz CT molecular complexity index is 387. The number of anilines is 1. The summed E-state index contributed by atoms with van der Waals surface area (Å²) >= 11 is 0. The Morgan fingerprint density at radius 2 is 2.17 bits per heavy atom. The van der Waals surface area contributed by atoms with Gasteiger partial charge >= 0.3 is 5.97 Å². The summed E-state index contributed by atoms with van der Waals surface area (Å²) in [5.41, 5.74) is 1.43. The zero-order valence-corrected chi connectivity index (χ0v) is 11.1. The first-order chi connectivity index (χ1) is 8.56. The molecule has 1 aromatic rings. The van der Waals surface area contributed by atoms with Crippen LogP contribution in [-0.2, 0) is 9.53 Å². The summed E-state index contributed by atoms with van der Waals surface area (Å²) in [5, 5.41) is 3.03. The van der Waals surface area contributed by atoms with Gasteiger partial charge < -0.3 is 10.1 Å². The van der Waals surface area contributed by atoms with Crippen LogP contribution in [0.5, 0.6) is 0 Å². The van der Waals surface area contributed by atoms with E-state index >= 15 is 0 Å². The number of halogens is 1. The first-order valence-corrected chi connectivity index (χ1v) is 6.18. The van der Waals surface area contributed by atoms with E-state index in [1.54, 1.807) is 0 Å². The predicted octanol–water partition coefficient (Wildman–Crippen LogP) is 3.28. The fraction of sp³-hybridized carbons (Fsp3) is 0.500. The number of aryl methyl sites for hydroxylation is 1. The highest BCUT2D eigenvalue weighted by Crippen LogP contribution is 2.16. The van der Waals surface area contributed by atoms with E-state index in [4.69, 9.17) is 4.74 Å². The fourth-order valence-electron chi connectivity index (χ4n) is 1.82. The number of methoxy groups -OCH3 is 1. The fourth-order valence-corrected chi connectivity index (χ4v) is 1.82. The molecular formula is C14H20FNO2. The maximum absolute atomic E-state index is 13.3. The van der Waals surface area contributed by atoms with Gasteiger partial charge in [0.25, 0.3) is 0 Å². The van der Waals surface area contributed by atoms with Gasteiger partial charge in [-0.25, -0.2) is 9.18 Å². The van der Waals surface area contributed by atoms with Crippen LogP contribution in [0.4, 0.5) is 10.1 Å². The van der Waals surface area contributed by atoms with Crippen molar-refractivity contribution in [2.45, 2.75) is 39.2 Å². The van der Waals surface area contributed by atoms with Crippen LogP contribution in [0.25, 0.3) is 0 Å². The number of esters is 1. The Morgan fingerprint density at radius 3 is 2.72 bits per heavy atom. The maximum Gasteiger partial charge on any atom is 0.328 e. The van der Waals surface area contributed by atoms with Gasteiger partial charge in [0.15, 0.2) is 0 Å². The van der Waals surface area contributed by atoms with Gasteiger partial charge in [-0.2, -0.15) is 0 Å². The van der Waals surface area contributed by atoms with Crippen molar-refractivity contribution in [1.82, 2.24) is 0 Å². The van der Waals surface area contributed by atoms with E-state index in [0.717, 1.165) is 18.4 Å². The number of benzene rings is 1. The van der Waals surface area contributed by atoms with E-state index < -0.39 is 6.04 Å². The molecule has 0 amide bonds. The molecule has 0 bridgehead atoms. The number of hydrogen-bond acceptors (Lipinski definition) is 3. The van der Waals surface area contributed by atoms with Crippen molar-refractivity contribution in [3.05, 3.63) is 29.6 Å². The van der Waals surface area contributed by atoms with Crippen molar-refractivity contribution in [1.29, 1.82) is 0 Å². The zero-order valence-electron chi connectivity index (χ0n) is 11.1. The molecule has 3 nitrogen and oxygen atoms in total. The average Bonchev–Trinajstić information content (AvgIpc) is 2.32. The highest BCUT2D eigenvalue weighted by atomic mass is 19.1. The van der Waals surface area contributed by atoms with E-state index in [1.807, 2.05) is 13.0 Å². The van der Waals surface area contributed by atoms with Crippen molar-refractivity contribution in [2.75, 3.05) is 12.4 Å². The molecule has 1 unspecified atom stereocenters. The maximum atomic E-state index is 13.3. The number of hydrogen-bond donors (Lipinski definition) is 1. The lowest BCUT2D eigenvalue weighted by Crippen LogP contribution is -2.30. The Labute approximate surface area is 107 Å². The number of nitrogens with one attached hydrogen (secondary N) is 1. The van der Waals surface area contributed by atoms with E-state index in [9.17, 15) is 9.18 Å². The molecule has 1 aromatic carbocycles. The molecule has 0 aliphatic rings. The van der Waals surface area contributed by atoms with Crippen LogP contribution in [0.15, 0.2) is 18.2 Å². The van der Waals surface area contributed by atoms with Crippen LogP contribution in [-0.4, -0.2) is 19.1 Å². The number of rotatable bonds is 6. The molecule has 0 aliphatic carbocycles. The molecule has 0 saturated carbocycles. The first kappa shape index (κ1) is 14.5. The molecule has 0 heterocycles. The number of unbranched alkanes of at least 4 members (excludes halogenated alkanes) is 1. The zero-order chi connectivity index (χ0) is 13.5. The minimum Gasteiger partial charge on any atom is -0.467 e. The van der Waals surface area contributed by atoms with Gasteiger partial charge in [0.1, 0.15) is 11.9 Å². The second-order valence-corrected chi connectivity index (χ2v) is 4.38. The van der Waals surface area contributed by atoms with Gasteiger partial charge in [-0.3, -0.25) is 0 Å². The van der Waals surface area contributed by atoms with E-state index in [2.05, 4.69) is 12.2 Å². The van der Waals surface area contributed by atoms with Crippen molar-refractivity contribution >= 4 is 11.7 Å². The number of ether oxygens (including phenoxy) is 1. The summed E-state index contributed by atoms with van der Waals surface area (Å²) in [6.45, 7) is 3.87. The molecule has 100 valence electrons. The Hall–Kier alpha value is -1.58. The topological polar surface area (TPSA) is 38.3 Å². The minimum atomic E-state index is -0.420. The van der Waals surface area contributed by atoms with Crippen molar-refractivity contribution in [3.8, 4) is 0 Å². The van der Waals surface area contributed by atoms with Crippen LogP contribution >= 0.6 is 0 Å². The van der Waals surface area contributed by atoms with Crippen LogP contribution in [0.2, 0.25) is 0 Å². The third-order valence-electron chi connectivity index (χ3n) is 2.72. The summed E-state index contributed by atoms with van der Waals surface area (Å²) in [7, 11) is 1.36. The van der Waals surface area contributed by atoms with E-state index in [-0.39, 0.29) is 11.8 Å². The monoisotopic (exact) mass is 253 g/mol. The Balaban J connectivity index is 2.78. The van der Waals surface area contributed by atoms with Crippen LogP contribution < -0.4 is 5.32 Å². The molecule has 1 N–H and O–H groups in total. The quantitative estimate of drug-likeness (QED) is 0.791. The van der Waals surface area contributed by atoms with Crippen LogP contribution in [0, 0.1) is 12.7 Å². The predicted molar refractivity (Wildman–Crippen MR) is 70.1 cm³/mol. The molecule has 0 aliphatic heterocycles. The summed E-state index contributed by atoms with van der Waals surface area (Å²) < 4.78 is 18.0. The lowest BCUT2D eigenvalue weighted by atomic mass is 10.1. The highest BCUT2D eigenvalue weighted by molar-refractivity contribution is 5.79. The van der Waals surface area contributed by atoms with E-state index in [0.29, 0.717) is 12.1 Å². The summed E-state index contributed by atoms with van der Waals surface area (Å²) in [5.74, 6) is -0.623. The molecule has 0 fully saturated rings. The number of carbonyl (C=O) groups excluding carboxylic acids is 1. The molecule has 0 saturated heterocycles. The van der Waals surface area contributed by atoms with Gasteiger partial charge in [0.05, 0.1) is 7.11 Å². The third-order valence-corrected chi connectivity index (χ3v) is 2.72. The molecular weight excluding hydrogens is 233 g/mol. The van der Waals surface area contributed by atoms with Crippen LogP contribution in [0.1, 0.15) is 31.7 Å². The minimum absolute atomic E-state index is 0.309. The van der Waals surface area contributed by atoms with Gasteiger partial charge in [-0.05, 0) is 37.1 Å². The largest absolute Gasteiger partial charge is 0.467 e. The normalized spacial score (nSPS) is 12.0. The van der Waals surface area contributed by atoms with Gasteiger partial charge in [-0.1, -0.05) is 19.8 Å². The van der Waals surface area contributed by atoms with Crippen molar-refractivity contribution in [2.24, 2.45) is 0 Å². The summed E-state index contributed by atoms with van der Waals surface area (Å²) in [4.78, 5) is 11.6. The molecule has 4 heteroatoms. The van der Waals surface area contributed by atoms with Gasteiger partial charge in [-0.15, -0.1) is 0 Å². The molecule has 0 aromatic heterocycles. The highest BCUT2D eigenvalue weighted by Gasteiger charge is 2.18. The van der Waals surface area contributed by atoms with Crippen molar-refractivity contribution < 1.29 is 13.9 Å². The molecule has 1 rings (SSSR count). The molecule has 0 radical (unpaired) electrons.